The largest absolute Gasteiger partial charge is 0.354 e. The average molecular weight is 405 g/mol. The second kappa shape index (κ2) is 8.62. The monoisotopic (exact) mass is 404 g/mol. The fourth-order valence-corrected chi connectivity index (χ4v) is 3.55. The van der Waals surface area contributed by atoms with E-state index in [1.165, 1.54) is 0 Å². The summed E-state index contributed by atoms with van der Waals surface area (Å²) in [6, 6.07) is 12.0. The van der Waals surface area contributed by atoms with Crippen LogP contribution in [0.3, 0.4) is 0 Å². The van der Waals surface area contributed by atoms with E-state index in [0.29, 0.717) is 5.95 Å². The van der Waals surface area contributed by atoms with Crippen molar-refractivity contribution in [3.05, 3.63) is 53.6 Å². The van der Waals surface area contributed by atoms with Gasteiger partial charge in [0.05, 0.1) is 0 Å². The zero-order valence-electron chi connectivity index (χ0n) is 18.0. The molecule has 0 unspecified atom stereocenters. The maximum absolute atomic E-state index is 4.64. The van der Waals surface area contributed by atoms with E-state index in [1.807, 2.05) is 57.2 Å². The van der Waals surface area contributed by atoms with Crippen LogP contribution >= 0.6 is 0 Å². The molecular formula is C22H28N8. The number of likely N-dealkylation sites (N-methyl/N-ethyl adjacent to an activating group) is 1. The van der Waals surface area contributed by atoms with Gasteiger partial charge in [-0.25, -0.2) is 19.9 Å². The number of rotatable bonds is 5. The molecule has 0 aliphatic carbocycles. The van der Waals surface area contributed by atoms with Crippen molar-refractivity contribution in [2.75, 3.05) is 48.8 Å². The average Bonchev–Trinajstić information content (AvgIpc) is 2.67. The second-order valence-corrected chi connectivity index (χ2v) is 7.75. The molecule has 8 heteroatoms. The van der Waals surface area contributed by atoms with Crippen LogP contribution in [0.2, 0.25) is 0 Å². The van der Waals surface area contributed by atoms with Gasteiger partial charge in [0.2, 0.25) is 5.95 Å². The van der Waals surface area contributed by atoms with Gasteiger partial charge in [-0.2, -0.15) is 0 Å². The molecule has 30 heavy (non-hydrogen) atoms. The number of piperazine rings is 1. The molecule has 0 spiro atoms. The highest BCUT2D eigenvalue weighted by Crippen LogP contribution is 2.24. The Kier molecular flexibility index (Phi) is 5.76. The molecule has 156 valence electrons. The lowest BCUT2D eigenvalue weighted by Gasteiger charge is -2.33. The number of hydrogen-bond acceptors (Lipinski definition) is 8. The Morgan fingerprint density at radius 2 is 1.43 bits per heavy atom. The molecule has 1 aromatic carbocycles. The molecule has 0 atom stereocenters. The summed E-state index contributed by atoms with van der Waals surface area (Å²) in [4.78, 5) is 22.8. The molecular weight excluding hydrogens is 376 g/mol. The molecule has 0 saturated carbocycles. The quantitative estimate of drug-likeness (QED) is 0.669. The summed E-state index contributed by atoms with van der Waals surface area (Å²) in [5.74, 6) is 3.11. The van der Waals surface area contributed by atoms with E-state index in [4.69, 9.17) is 0 Å². The lowest BCUT2D eigenvalue weighted by atomic mass is 10.2. The van der Waals surface area contributed by atoms with Crippen molar-refractivity contribution in [3.63, 3.8) is 0 Å². The summed E-state index contributed by atoms with van der Waals surface area (Å²) in [5.41, 5.74) is 3.72. The molecule has 0 radical (unpaired) electrons. The van der Waals surface area contributed by atoms with E-state index < -0.39 is 0 Å². The van der Waals surface area contributed by atoms with Gasteiger partial charge in [0.15, 0.2) is 0 Å². The molecule has 2 aromatic heterocycles. The molecule has 1 saturated heterocycles. The maximum atomic E-state index is 4.64. The molecule has 4 rings (SSSR count). The summed E-state index contributed by atoms with van der Waals surface area (Å²) in [7, 11) is 2.15. The van der Waals surface area contributed by atoms with Gasteiger partial charge in [0, 0.05) is 55.0 Å². The van der Waals surface area contributed by atoms with Crippen LogP contribution in [0, 0.1) is 20.8 Å². The van der Waals surface area contributed by atoms with Crippen molar-refractivity contribution < 1.29 is 0 Å². The third-order valence-corrected chi connectivity index (χ3v) is 5.03. The van der Waals surface area contributed by atoms with E-state index >= 15 is 0 Å². The highest BCUT2D eigenvalue weighted by atomic mass is 15.3. The van der Waals surface area contributed by atoms with E-state index in [0.717, 1.165) is 66.4 Å². The molecule has 0 bridgehead atoms. The lowest BCUT2D eigenvalue weighted by molar-refractivity contribution is 0.312. The van der Waals surface area contributed by atoms with Gasteiger partial charge in [-0.1, -0.05) is 6.07 Å². The van der Waals surface area contributed by atoms with Gasteiger partial charge in [-0.3, -0.25) is 0 Å². The highest BCUT2D eigenvalue weighted by molar-refractivity contribution is 5.66. The molecule has 1 fully saturated rings. The summed E-state index contributed by atoms with van der Waals surface area (Å²) < 4.78 is 0. The van der Waals surface area contributed by atoms with Crippen LogP contribution in [0.5, 0.6) is 0 Å². The van der Waals surface area contributed by atoms with Gasteiger partial charge in [-0.15, -0.1) is 0 Å². The number of anilines is 5. The lowest BCUT2D eigenvalue weighted by Crippen LogP contribution is -2.44. The third-order valence-electron chi connectivity index (χ3n) is 5.03. The molecule has 3 aromatic rings. The van der Waals surface area contributed by atoms with Crippen molar-refractivity contribution in [1.82, 2.24) is 24.8 Å². The zero-order valence-corrected chi connectivity index (χ0v) is 18.0. The molecule has 1 aliphatic rings. The minimum absolute atomic E-state index is 0.597. The first kappa shape index (κ1) is 20.0. The number of benzene rings is 1. The number of aromatic nitrogens is 4. The Morgan fingerprint density at radius 1 is 0.767 bits per heavy atom. The van der Waals surface area contributed by atoms with Crippen LogP contribution in [0.15, 0.2) is 36.4 Å². The van der Waals surface area contributed by atoms with E-state index in [2.05, 4.69) is 47.4 Å². The SMILES string of the molecule is Cc1cc(C)nc(Nc2cccc(Nc3cc(N4CCN(C)CC4)nc(C)n3)c2)n1. The fourth-order valence-electron chi connectivity index (χ4n) is 3.55. The zero-order chi connectivity index (χ0) is 21.1. The summed E-state index contributed by atoms with van der Waals surface area (Å²) in [5, 5.41) is 6.70. The van der Waals surface area contributed by atoms with Crippen molar-refractivity contribution in [2.24, 2.45) is 0 Å². The van der Waals surface area contributed by atoms with Crippen LogP contribution < -0.4 is 15.5 Å². The summed E-state index contributed by atoms with van der Waals surface area (Å²) in [6.07, 6.45) is 0. The highest BCUT2D eigenvalue weighted by Gasteiger charge is 2.16. The number of hydrogen-bond donors (Lipinski definition) is 2. The van der Waals surface area contributed by atoms with Crippen LogP contribution in [0.4, 0.5) is 29.0 Å². The Morgan fingerprint density at radius 3 is 2.13 bits per heavy atom. The van der Waals surface area contributed by atoms with Crippen molar-refractivity contribution >= 4 is 29.0 Å². The van der Waals surface area contributed by atoms with E-state index in [9.17, 15) is 0 Å². The van der Waals surface area contributed by atoms with E-state index in [1.54, 1.807) is 0 Å². The topological polar surface area (TPSA) is 82.1 Å². The molecule has 3 heterocycles. The van der Waals surface area contributed by atoms with Crippen molar-refractivity contribution in [1.29, 1.82) is 0 Å². The third kappa shape index (κ3) is 5.01. The molecule has 2 N–H and O–H groups in total. The first-order chi connectivity index (χ1) is 14.4. The molecule has 1 aliphatic heterocycles. The smallest absolute Gasteiger partial charge is 0.227 e. The van der Waals surface area contributed by atoms with Crippen molar-refractivity contribution in [3.8, 4) is 0 Å². The van der Waals surface area contributed by atoms with Gasteiger partial charge >= 0.3 is 0 Å². The number of aryl methyl sites for hydroxylation is 3. The first-order valence-electron chi connectivity index (χ1n) is 10.2. The molecule has 0 amide bonds. The fraction of sp³-hybridized carbons (Fsp3) is 0.364. The Balaban J connectivity index is 1.51. The van der Waals surface area contributed by atoms with Crippen LogP contribution in [0.25, 0.3) is 0 Å². The number of nitrogens with one attached hydrogen (secondary N) is 2. The van der Waals surface area contributed by atoms with Crippen LogP contribution in [0.1, 0.15) is 17.2 Å². The Bertz CT molecular complexity index is 1010. The standard InChI is InChI=1S/C22H28N8/c1-15-12-16(2)24-22(23-15)28-19-7-5-6-18(13-19)27-20-14-21(26-17(3)25-20)30-10-8-29(4)9-11-30/h5-7,12-14H,8-11H2,1-4H3,(H,23,24,28)(H,25,26,27). The Labute approximate surface area is 177 Å². The van der Waals surface area contributed by atoms with E-state index in [-0.39, 0.29) is 0 Å². The normalized spacial score (nSPS) is 14.6. The summed E-state index contributed by atoms with van der Waals surface area (Å²) >= 11 is 0. The minimum atomic E-state index is 0.597. The predicted molar refractivity (Wildman–Crippen MR) is 121 cm³/mol. The van der Waals surface area contributed by atoms with Gasteiger partial charge in [-0.05, 0) is 52.1 Å². The molecule has 8 nitrogen and oxygen atoms in total. The van der Waals surface area contributed by atoms with Crippen LogP contribution in [-0.2, 0) is 0 Å². The maximum Gasteiger partial charge on any atom is 0.227 e. The second-order valence-electron chi connectivity index (χ2n) is 7.75. The predicted octanol–water partition coefficient (Wildman–Crippen LogP) is 3.43. The minimum Gasteiger partial charge on any atom is -0.354 e. The van der Waals surface area contributed by atoms with Gasteiger partial charge < -0.3 is 20.4 Å². The van der Waals surface area contributed by atoms with Gasteiger partial charge in [0.25, 0.3) is 0 Å². The Hall–Kier alpha value is -3.26. The van der Waals surface area contributed by atoms with Crippen LogP contribution in [-0.4, -0.2) is 58.1 Å². The number of nitrogens with zero attached hydrogens (tertiary/aromatic N) is 6. The first-order valence-corrected chi connectivity index (χ1v) is 10.2. The van der Waals surface area contributed by atoms with Gasteiger partial charge in [0.1, 0.15) is 17.5 Å². The summed E-state index contributed by atoms with van der Waals surface area (Å²) in [6.45, 7) is 9.89. The van der Waals surface area contributed by atoms with Crippen molar-refractivity contribution in [2.45, 2.75) is 20.8 Å².